The van der Waals surface area contributed by atoms with Crippen LogP contribution in [0.2, 0.25) is 0 Å². The number of aromatic nitrogens is 2. The number of carbonyl (C=O) groups excluding carboxylic acids is 2. The van der Waals surface area contributed by atoms with Crippen molar-refractivity contribution in [2.75, 3.05) is 25.6 Å². The molecule has 12 heteroatoms. The van der Waals surface area contributed by atoms with Crippen LogP contribution in [-0.2, 0) is 6.18 Å². The second-order valence-corrected chi connectivity index (χ2v) is 8.54. The fraction of sp³-hybridized carbons (Fsp3) is 0.304. The van der Waals surface area contributed by atoms with E-state index in [-0.39, 0.29) is 34.8 Å². The van der Waals surface area contributed by atoms with E-state index >= 15 is 0 Å². The highest BCUT2D eigenvalue weighted by molar-refractivity contribution is 7.14. The highest BCUT2D eigenvalue weighted by Gasteiger charge is 2.36. The lowest BCUT2D eigenvalue weighted by molar-refractivity contribution is -0.138. The van der Waals surface area contributed by atoms with Crippen LogP contribution in [0.15, 0.2) is 41.9 Å². The summed E-state index contributed by atoms with van der Waals surface area (Å²) in [7, 11) is 3.22. The predicted octanol–water partition coefficient (Wildman–Crippen LogP) is 5.32. The van der Waals surface area contributed by atoms with Gasteiger partial charge in [0.1, 0.15) is 11.4 Å². The van der Waals surface area contributed by atoms with Crippen molar-refractivity contribution in [3.63, 3.8) is 0 Å². The molecule has 186 valence electrons. The fourth-order valence-corrected chi connectivity index (χ4v) is 3.92. The third-order valence-corrected chi connectivity index (χ3v) is 5.70. The molecule has 0 fully saturated rings. The molecule has 3 aromatic rings. The van der Waals surface area contributed by atoms with Crippen LogP contribution in [0.3, 0.4) is 0 Å². The lowest BCUT2D eigenvalue weighted by Crippen LogP contribution is -2.31. The predicted molar refractivity (Wildman–Crippen MR) is 127 cm³/mol. The first-order valence-corrected chi connectivity index (χ1v) is 11.5. The van der Waals surface area contributed by atoms with Crippen LogP contribution >= 0.6 is 11.3 Å². The van der Waals surface area contributed by atoms with Gasteiger partial charge in [-0.1, -0.05) is 13.3 Å². The summed E-state index contributed by atoms with van der Waals surface area (Å²) >= 11 is 1.02. The van der Waals surface area contributed by atoms with Gasteiger partial charge in [-0.15, -0.1) is 11.3 Å². The van der Waals surface area contributed by atoms with Gasteiger partial charge in [-0.3, -0.25) is 9.78 Å². The summed E-state index contributed by atoms with van der Waals surface area (Å²) in [6.07, 6.45) is -1.88. The van der Waals surface area contributed by atoms with Gasteiger partial charge in [-0.2, -0.15) is 13.2 Å². The summed E-state index contributed by atoms with van der Waals surface area (Å²) < 4.78 is 46.4. The first kappa shape index (κ1) is 25.9. The number of carbonyl (C=O) groups is 2. The number of thiazole rings is 1. The minimum Gasteiger partial charge on any atom is -0.493 e. The Hall–Kier alpha value is -3.67. The molecule has 0 aliphatic rings. The zero-order valence-corrected chi connectivity index (χ0v) is 20.1. The molecular formula is C23H24F3N5O3S. The van der Waals surface area contributed by atoms with Crippen molar-refractivity contribution in [2.24, 2.45) is 5.73 Å². The number of pyridine rings is 1. The number of nitrogens with two attached hydrogens (primary N) is 1. The molecular weight excluding hydrogens is 483 g/mol. The summed E-state index contributed by atoms with van der Waals surface area (Å²) in [5.41, 5.74) is 5.62. The standard InChI is InChI=1S/C23H24F3N5O3S/c1-4-5-10-34-19-9-7-15(11-16(19)23(24,25)26)31(21(27)33)22-29-18(13-35-22)14-6-8-17(28-12-14)20(32)30(2)3/h6-9,11-13H,4-5,10H2,1-3H3,(H2,27,33). The van der Waals surface area contributed by atoms with Gasteiger partial charge in [0.25, 0.3) is 5.91 Å². The Labute approximate surface area is 204 Å². The minimum absolute atomic E-state index is 0.0775. The highest BCUT2D eigenvalue weighted by Crippen LogP contribution is 2.40. The average molecular weight is 508 g/mol. The maximum atomic E-state index is 13.7. The Kier molecular flexibility index (Phi) is 7.95. The number of unbranched alkanes of at least 4 members (excludes halogenated alkanes) is 1. The molecule has 0 spiro atoms. The van der Waals surface area contributed by atoms with E-state index in [1.54, 1.807) is 25.5 Å². The number of halogens is 3. The van der Waals surface area contributed by atoms with Crippen LogP contribution < -0.4 is 15.4 Å². The molecule has 8 nitrogen and oxygen atoms in total. The molecule has 0 atom stereocenters. The summed E-state index contributed by atoms with van der Waals surface area (Å²) in [4.78, 5) is 35.0. The Balaban J connectivity index is 1.94. The number of rotatable bonds is 8. The third-order valence-electron chi connectivity index (χ3n) is 4.87. The van der Waals surface area contributed by atoms with Crippen molar-refractivity contribution < 1.29 is 27.5 Å². The van der Waals surface area contributed by atoms with E-state index in [0.29, 0.717) is 17.7 Å². The van der Waals surface area contributed by atoms with E-state index in [1.807, 2.05) is 6.92 Å². The molecule has 2 aromatic heterocycles. The van der Waals surface area contributed by atoms with E-state index in [2.05, 4.69) is 9.97 Å². The van der Waals surface area contributed by atoms with Gasteiger partial charge in [0.05, 0.1) is 23.6 Å². The van der Waals surface area contributed by atoms with Crippen molar-refractivity contribution in [1.29, 1.82) is 0 Å². The normalized spacial score (nSPS) is 11.3. The van der Waals surface area contributed by atoms with Gasteiger partial charge in [-0.25, -0.2) is 14.7 Å². The number of hydrogen-bond acceptors (Lipinski definition) is 6. The van der Waals surface area contributed by atoms with Crippen LogP contribution in [0.4, 0.5) is 28.8 Å². The van der Waals surface area contributed by atoms with Crippen molar-refractivity contribution in [3.05, 3.63) is 53.2 Å². The minimum atomic E-state index is -4.70. The number of ether oxygens (including phenoxy) is 1. The van der Waals surface area contributed by atoms with E-state index in [4.69, 9.17) is 10.5 Å². The largest absolute Gasteiger partial charge is 0.493 e. The van der Waals surface area contributed by atoms with E-state index in [1.165, 1.54) is 29.3 Å². The Bertz CT molecular complexity index is 1200. The zero-order chi connectivity index (χ0) is 25.8. The second-order valence-electron chi connectivity index (χ2n) is 7.70. The van der Waals surface area contributed by atoms with Crippen LogP contribution in [0.5, 0.6) is 5.75 Å². The molecule has 0 aliphatic heterocycles. The van der Waals surface area contributed by atoms with Crippen molar-refractivity contribution in [2.45, 2.75) is 25.9 Å². The Morgan fingerprint density at radius 3 is 2.49 bits per heavy atom. The van der Waals surface area contributed by atoms with Crippen molar-refractivity contribution >= 4 is 34.1 Å². The Morgan fingerprint density at radius 2 is 1.91 bits per heavy atom. The van der Waals surface area contributed by atoms with E-state index in [9.17, 15) is 22.8 Å². The molecule has 3 rings (SSSR count). The molecule has 0 aliphatic carbocycles. The molecule has 2 N–H and O–H groups in total. The van der Waals surface area contributed by atoms with Crippen LogP contribution in [0, 0.1) is 0 Å². The highest BCUT2D eigenvalue weighted by atomic mass is 32.1. The SMILES string of the molecule is CCCCOc1ccc(N(C(N)=O)c2nc(-c3ccc(C(=O)N(C)C)nc3)cs2)cc1C(F)(F)F. The molecule has 0 saturated carbocycles. The second kappa shape index (κ2) is 10.7. The van der Waals surface area contributed by atoms with Crippen LogP contribution in [0.1, 0.15) is 35.8 Å². The lowest BCUT2D eigenvalue weighted by Gasteiger charge is -2.21. The van der Waals surface area contributed by atoms with Gasteiger partial charge >= 0.3 is 12.2 Å². The number of nitrogens with zero attached hydrogens (tertiary/aromatic N) is 4. The van der Waals surface area contributed by atoms with E-state index < -0.39 is 17.8 Å². The molecule has 2 heterocycles. The quantitative estimate of drug-likeness (QED) is 0.416. The first-order valence-electron chi connectivity index (χ1n) is 10.6. The number of benzene rings is 1. The maximum Gasteiger partial charge on any atom is 0.420 e. The number of amides is 3. The topological polar surface area (TPSA) is 102 Å². The van der Waals surface area contributed by atoms with Crippen molar-refractivity contribution in [1.82, 2.24) is 14.9 Å². The lowest BCUT2D eigenvalue weighted by atomic mass is 10.1. The third kappa shape index (κ3) is 6.07. The fourth-order valence-electron chi connectivity index (χ4n) is 3.06. The molecule has 0 unspecified atom stereocenters. The van der Waals surface area contributed by atoms with Gasteiger partial charge < -0.3 is 15.4 Å². The molecule has 0 bridgehead atoms. The van der Waals surface area contributed by atoms with Gasteiger partial charge in [-0.05, 0) is 36.8 Å². The van der Waals surface area contributed by atoms with Gasteiger partial charge in [0, 0.05) is 31.2 Å². The number of anilines is 2. The summed E-state index contributed by atoms with van der Waals surface area (Å²) in [6, 6.07) is 5.49. The summed E-state index contributed by atoms with van der Waals surface area (Å²) in [5, 5.41) is 1.69. The first-order chi connectivity index (χ1) is 16.5. The number of alkyl halides is 3. The van der Waals surface area contributed by atoms with Crippen molar-refractivity contribution in [3.8, 4) is 17.0 Å². The Morgan fingerprint density at radius 1 is 1.17 bits per heavy atom. The number of primary amides is 1. The van der Waals surface area contributed by atoms with Gasteiger partial charge in [0.15, 0.2) is 5.13 Å². The van der Waals surface area contributed by atoms with Gasteiger partial charge in [0.2, 0.25) is 0 Å². The van der Waals surface area contributed by atoms with Crippen LogP contribution in [0.25, 0.3) is 11.3 Å². The molecule has 3 amide bonds. The summed E-state index contributed by atoms with van der Waals surface area (Å²) in [5.74, 6) is -0.588. The monoisotopic (exact) mass is 507 g/mol. The number of urea groups is 1. The molecule has 0 radical (unpaired) electrons. The smallest absolute Gasteiger partial charge is 0.420 e. The number of hydrogen-bond donors (Lipinski definition) is 1. The van der Waals surface area contributed by atoms with E-state index in [0.717, 1.165) is 28.7 Å². The molecule has 1 aromatic carbocycles. The maximum absolute atomic E-state index is 13.7. The molecule has 35 heavy (non-hydrogen) atoms. The van der Waals surface area contributed by atoms with Crippen LogP contribution in [-0.4, -0.2) is 47.5 Å². The average Bonchev–Trinajstić information content (AvgIpc) is 3.28. The molecule has 0 saturated heterocycles. The zero-order valence-electron chi connectivity index (χ0n) is 19.3. The summed E-state index contributed by atoms with van der Waals surface area (Å²) in [6.45, 7) is 2.04.